The Balaban J connectivity index is 2.24. The highest BCUT2D eigenvalue weighted by molar-refractivity contribution is 7.89. The minimum atomic E-state index is -3.84. The molecule has 0 heterocycles. The Labute approximate surface area is 146 Å². The molecule has 0 saturated heterocycles. The smallest absolute Gasteiger partial charge is 0.248 e. The Kier molecular flexibility index (Phi) is 5.43. The molecule has 5 nitrogen and oxygen atoms in total. The zero-order valence-electron chi connectivity index (χ0n) is 13.2. The van der Waals surface area contributed by atoms with Crippen LogP contribution in [0.2, 0.25) is 5.02 Å². The first-order valence-electron chi connectivity index (χ1n) is 7.05. The SMILES string of the molecule is Cc1cc(S(N)(=O)=O)cc(NC(=O)/C=C/c2cccc(Cl)c2)c1C. The van der Waals surface area contributed by atoms with Crippen molar-refractivity contribution >= 4 is 39.3 Å². The van der Waals surface area contributed by atoms with Gasteiger partial charge in [0.05, 0.1) is 4.90 Å². The molecule has 7 heteroatoms. The van der Waals surface area contributed by atoms with Gasteiger partial charge in [0.2, 0.25) is 15.9 Å². The first-order chi connectivity index (χ1) is 11.2. The third kappa shape index (κ3) is 4.67. The maximum atomic E-state index is 12.1. The van der Waals surface area contributed by atoms with Crippen LogP contribution in [0.25, 0.3) is 6.08 Å². The van der Waals surface area contributed by atoms with Crippen molar-refractivity contribution in [2.24, 2.45) is 5.14 Å². The second-order valence-corrected chi connectivity index (χ2v) is 7.33. The van der Waals surface area contributed by atoms with Crippen LogP contribution in [0.1, 0.15) is 16.7 Å². The molecule has 0 aromatic heterocycles. The van der Waals surface area contributed by atoms with Crippen LogP contribution in [-0.4, -0.2) is 14.3 Å². The molecule has 0 aliphatic heterocycles. The van der Waals surface area contributed by atoms with Gasteiger partial charge in [-0.2, -0.15) is 0 Å². The first-order valence-corrected chi connectivity index (χ1v) is 8.98. The predicted molar refractivity (Wildman–Crippen MR) is 96.4 cm³/mol. The number of amides is 1. The normalized spacial score (nSPS) is 11.7. The molecule has 0 bridgehead atoms. The Morgan fingerprint density at radius 1 is 1.21 bits per heavy atom. The number of rotatable bonds is 4. The number of hydrogen-bond acceptors (Lipinski definition) is 3. The molecule has 0 fully saturated rings. The summed E-state index contributed by atoms with van der Waals surface area (Å²) in [6, 6.07) is 9.88. The van der Waals surface area contributed by atoms with E-state index in [1.807, 2.05) is 6.07 Å². The summed E-state index contributed by atoms with van der Waals surface area (Å²) in [6.07, 6.45) is 2.97. The van der Waals surface area contributed by atoms with E-state index >= 15 is 0 Å². The molecule has 0 radical (unpaired) electrons. The van der Waals surface area contributed by atoms with Crippen LogP contribution in [0, 0.1) is 13.8 Å². The van der Waals surface area contributed by atoms with Gasteiger partial charge in [-0.15, -0.1) is 0 Å². The standard InChI is InChI=1S/C17H17ClN2O3S/c1-11-8-15(24(19,22)23)10-16(12(11)2)20-17(21)7-6-13-4-3-5-14(18)9-13/h3-10H,1-2H3,(H,20,21)(H2,19,22,23)/b7-6+. The number of benzene rings is 2. The van der Waals surface area contributed by atoms with Gasteiger partial charge in [0, 0.05) is 16.8 Å². The summed E-state index contributed by atoms with van der Waals surface area (Å²) in [5.74, 6) is -0.385. The lowest BCUT2D eigenvalue weighted by Crippen LogP contribution is -2.15. The van der Waals surface area contributed by atoms with Gasteiger partial charge in [-0.1, -0.05) is 23.7 Å². The molecule has 1 amide bonds. The number of nitrogens with one attached hydrogen (secondary N) is 1. The molecule has 0 unspecified atom stereocenters. The van der Waals surface area contributed by atoms with E-state index in [0.717, 1.165) is 16.7 Å². The molecule has 0 spiro atoms. The Morgan fingerprint density at radius 3 is 2.54 bits per heavy atom. The van der Waals surface area contributed by atoms with Crippen LogP contribution < -0.4 is 10.5 Å². The van der Waals surface area contributed by atoms with E-state index < -0.39 is 10.0 Å². The van der Waals surface area contributed by atoms with E-state index in [1.165, 1.54) is 18.2 Å². The maximum absolute atomic E-state index is 12.1. The lowest BCUT2D eigenvalue weighted by Gasteiger charge is -2.11. The highest BCUT2D eigenvalue weighted by Crippen LogP contribution is 2.23. The number of carbonyl (C=O) groups is 1. The minimum Gasteiger partial charge on any atom is -0.322 e. The van der Waals surface area contributed by atoms with Gasteiger partial charge in [-0.05, 0) is 60.9 Å². The number of carbonyl (C=O) groups excluding carboxylic acids is 1. The van der Waals surface area contributed by atoms with Gasteiger partial charge >= 0.3 is 0 Å². The van der Waals surface area contributed by atoms with Crippen molar-refractivity contribution in [3.8, 4) is 0 Å². The van der Waals surface area contributed by atoms with Crippen LogP contribution in [0.4, 0.5) is 5.69 Å². The summed E-state index contributed by atoms with van der Waals surface area (Å²) in [4.78, 5) is 12.0. The second kappa shape index (κ2) is 7.17. The molecule has 0 aliphatic rings. The van der Waals surface area contributed by atoms with Crippen LogP contribution in [0.15, 0.2) is 47.4 Å². The summed E-state index contributed by atoms with van der Waals surface area (Å²) in [5, 5.41) is 8.40. The summed E-state index contributed by atoms with van der Waals surface area (Å²) in [7, 11) is -3.84. The number of primary sulfonamides is 1. The van der Waals surface area contributed by atoms with Crippen molar-refractivity contribution < 1.29 is 13.2 Å². The molecule has 2 aromatic carbocycles. The third-order valence-corrected chi connectivity index (χ3v) is 4.63. The van der Waals surface area contributed by atoms with Crippen LogP contribution in [0.5, 0.6) is 0 Å². The molecule has 2 rings (SSSR count). The van der Waals surface area contributed by atoms with Gasteiger partial charge in [-0.3, -0.25) is 4.79 Å². The average molecular weight is 365 g/mol. The molecular formula is C17H17ClN2O3S. The predicted octanol–water partition coefficient (Wildman–Crippen LogP) is 3.26. The van der Waals surface area contributed by atoms with Crippen LogP contribution in [-0.2, 0) is 14.8 Å². The zero-order valence-corrected chi connectivity index (χ0v) is 14.8. The number of aryl methyl sites for hydroxylation is 1. The fourth-order valence-electron chi connectivity index (χ4n) is 2.08. The largest absolute Gasteiger partial charge is 0.322 e. The number of nitrogens with two attached hydrogens (primary N) is 1. The zero-order chi connectivity index (χ0) is 17.9. The monoisotopic (exact) mass is 364 g/mol. The van der Waals surface area contributed by atoms with E-state index in [0.29, 0.717) is 10.7 Å². The average Bonchev–Trinajstić information content (AvgIpc) is 2.48. The highest BCUT2D eigenvalue weighted by atomic mass is 35.5. The van der Waals surface area contributed by atoms with Crippen molar-refractivity contribution in [1.82, 2.24) is 0 Å². The molecule has 24 heavy (non-hydrogen) atoms. The number of hydrogen-bond donors (Lipinski definition) is 2. The Bertz CT molecular complexity index is 921. The lowest BCUT2D eigenvalue weighted by molar-refractivity contribution is -0.111. The molecular weight excluding hydrogens is 348 g/mol. The maximum Gasteiger partial charge on any atom is 0.248 e. The summed E-state index contributed by atoms with van der Waals surface area (Å²) in [5.41, 5.74) is 2.67. The van der Waals surface area contributed by atoms with E-state index in [9.17, 15) is 13.2 Å². The van der Waals surface area contributed by atoms with Crippen molar-refractivity contribution in [2.45, 2.75) is 18.7 Å². The Morgan fingerprint density at radius 2 is 1.92 bits per heavy atom. The summed E-state index contributed by atoms with van der Waals surface area (Å²) < 4.78 is 23.0. The van der Waals surface area contributed by atoms with E-state index in [4.69, 9.17) is 16.7 Å². The minimum absolute atomic E-state index is 0.0419. The van der Waals surface area contributed by atoms with Crippen LogP contribution >= 0.6 is 11.6 Å². The van der Waals surface area contributed by atoms with Crippen LogP contribution in [0.3, 0.4) is 0 Å². The molecule has 3 N–H and O–H groups in total. The van der Waals surface area contributed by atoms with Crippen molar-refractivity contribution in [1.29, 1.82) is 0 Å². The number of anilines is 1. The number of halogens is 1. The molecule has 2 aromatic rings. The van der Waals surface area contributed by atoms with Gasteiger partial charge < -0.3 is 5.32 Å². The molecule has 0 atom stereocenters. The fraction of sp³-hybridized carbons (Fsp3) is 0.118. The molecule has 0 aliphatic carbocycles. The molecule has 0 saturated carbocycles. The van der Waals surface area contributed by atoms with Crippen molar-refractivity contribution in [3.05, 3.63) is 64.2 Å². The van der Waals surface area contributed by atoms with Gasteiger partial charge in [0.1, 0.15) is 0 Å². The van der Waals surface area contributed by atoms with Gasteiger partial charge in [0.15, 0.2) is 0 Å². The molecule has 126 valence electrons. The number of sulfonamides is 1. The first kappa shape index (κ1) is 18.2. The van der Waals surface area contributed by atoms with Crippen molar-refractivity contribution in [3.63, 3.8) is 0 Å². The summed E-state index contributed by atoms with van der Waals surface area (Å²) in [6.45, 7) is 3.54. The lowest BCUT2D eigenvalue weighted by atomic mass is 10.1. The topological polar surface area (TPSA) is 89.3 Å². The fourth-order valence-corrected chi connectivity index (χ4v) is 2.90. The third-order valence-electron chi connectivity index (χ3n) is 3.50. The quantitative estimate of drug-likeness (QED) is 0.816. The Hall–Kier alpha value is -2.15. The van der Waals surface area contributed by atoms with E-state index in [-0.39, 0.29) is 10.8 Å². The van der Waals surface area contributed by atoms with Crippen molar-refractivity contribution in [2.75, 3.05) is 5.32 Å². The summed E-state index contributed by atoms with van der Waals surface area (Å²) >= 11 is 5.89. The second-order valence-electron chi connectivity index (χ2n) is 5.34. The highest BCUT2D eigenvalue weighted by Gasteiger charge is 2.13. The van der Waals surface area contributed by atoms with Gasteiger partial charge in [-0.25, -0.2) is 13.6 Å². The van der Waals surface area contributed by atoms with E-state index in [2.05, 4.69) is 5.32 Å². The van der Waals surface area contributed by atoms with Gasteiger partial charge in [0.25, 0.3) is 0 Å². The van der Waals surface area contributed by atoms with E-state index in [1.54, 1.807) is 38.1 Å².